The summed E-state index contributed by atoms with van der Waals surface area (Å²) in [6, 6.07) is 0. The van der Waals surface area contributed by atoms with E-state index in [1.54, 1.807) is 0 Å². The van der Waals surface area contributed by atoms with Gasteiger partial charge in [0, 0.05) is 0 Å². The Morgan fingerprint density at radius 3 is 1.47 bits per heavy atom. The van der Waals surface area contributed by atoms with Crippen LogP contribution in [0.15, 0.2) is 0 Å². The van der Waals surface area contributed by atoms with Gasteiger partial charge in [-0.3, -0.25) is 0 Å². The second kappa shape index (κ2) is 8.36. The number of carbonyl (C=O) groups excluding carboxylic acids is 2. The van der Waals surface area contributed by atoms with Crippen LogP contribution in [-0.2, 0) is 9.47 Å². The number of esters is 2. The second-order valence-corrected chi connectivity index (χ2v) is 3.42. The van der Waals surface area contributed by atoms with Gasteiger partial charge in [-0.25, -0.2) is 9.59 Å². The summed E-state index contributed by atoms with van der Waals surface area (Å²) in [6.45, 7) is 0. The van der Waals surface area contributed by atoms with Crippen molar-refractivity contribution in [3.8, 4) is 11.5 Å². The van der Waals surface area contributed by atoms with E-state index in [1.807, 2.05) is 0 Å². The van der Waals surface area contributed by atoms with E-state index in [2.05, 4.69) is 9.47 Å². The zero-order valence-electron chi connectivity index (χ0n) is 9.86. The van der Waals surface area contributed by atoms with Gasteiger partial charge in [0.1, 0.15) is 9.75 Å². The number of hydrogen-bond donors (Lipinski definition) is 0. The molecule has 0 atom stereocenters. The molecule has 0 radical (unpaired) electrons. The van der Waals surface area contributed by atoms with Gasteiger partial charge in [-0.05, 0) is 0 Å². The fourth-order valence-corrected chi connectivity index (χ4v) is 1.76. The first-order valence-corrected chi connectivity index (χ1v) is 4.52. The quantitative estimate of drug-likeness (QED) is 0.393. The zero-order chi connectivity index (χ0) is 11.6. The van der Waals surface area contributed by atoms with Gasteiger partial charge >= 0.3 is 71.1 Å². The van der Waals surface area contributed by atoms with Crippen LogP contribution in [0, 0.1) is 0 Å². The SMILES string of the molecule is COC(=O)c1sc(C(=O)OC)c([O-])c1[O-].[Na+].[Na+]. The molecule has 0 aromatic carbocycles. The first-order valence-electron chi connectivity index (χ1n) is 3.70. The molecule has 1 rings (SSSR count). The monoisotopic (exact) mass is 276 g/mol. The van der Waals surface area contributed by atoms with Gasteiger partial charge in [0.2, 0.25) is 0 Å². The molecule has 0 fully saturated rings. The Morgan fingerprint density at radius 2 is 1.24 bits per heavy atom. The van der Waals surface area contributed by atoms with Gasteiger partial charge in [0.25, 0.3) is 0 Å². The molecule has 0 N–H and O–H groups in total. The molecular weight excluding hydrogens is 270 g/mol. The summed E-state index contributed by atoms with van der Waals surface area (Å²) in [5, 5.41) is 22.4. The van der Waals surface area contributed by atoms with Crippen molar-refractivity contribution in [1.82, 2.24) is 0 Å². The third-order valence-electron chi connectivity index (χ3n) is 1.56. The molecular formula is C8H6Na2O6S. The number of carbonyl (C=O) groups is 2. The van der Waals surface area contributed by atoms with Crippen molar-refractivity contribution in [2.24, 2.45) is 0 Å². The maximum absolute atomic E-state index is 11.2. The smallest absolute Gasteiger partial charge is 0.872 e. The molecule has 82 valence electrons. The van der Waals surface area contributed by atoms with Crippen LogP contribution in [0.2, 0.25) is 0 Å². The van der Waals surface area contributed by atoms with Crippen molar-refractivity contribution in [2.75, 3.05) is 14.2 Å². The summed E-state index contributed by atoms with van der Waals surface area (Å²) in [5.74, 6) is -3.94. The van der Waals surface area contributed by atoms with E-state index in [0.717, 1.165) is 14.2 Å². The summed E-state index contributed by atoms with van der Waals surface area (Å²) in [6.07, 6.45) is 0. The third kappa shape index (κ3) is 4.13. The van der Waals surface area contributed by atoms with Crippen LogP contribution in [0.1, 0.15) is 19.3 Å². The molecule has 0 aliphatic heterocycles. The van der Waals surface area contributed by atoms with E-state index >= 15 is 0 Å². The van der Waals surface area contributed by atoms with E-state index in [9.17, 15) is 19.8 Å². The molecule has 0 saturated heterocycles. The summed E-state index contributed by atoms with van der Waals surface area (Å²) in [5.41, 5.74) is 0. The number of thiophene rings is 1. The molecule has 17 heavy (non-hydrogen) atoms. The van der Waals surface area contributed by atoms with Gasteiger partial charge in [0.05, 0.1) is 14.2 Å². The molecule has 0 aliphatic rings. The number of rotatable bonds is 2. The van der Waals surface area contributed by atoms with E-state index in [1.165, 1.54) is 0 Å². The molecule has 1 heterocycles. The van der Waals surface area contributed by atoms with Crippen LogP contribution < -0.4 is 69.3 Å². The minimum atomic E-state index is -1.03. The van der Waals surface area contributed by atoms with Gasteiger partial charge in [0.15, 0.2) is 0 Å². The summed E-state index contributed by atoms with van der Waals surface area (Å²) >= 11 is 0.477. The van der Waals surface area contributed by atoms with Gasteiger partial charge in [-0.1, -0.05) is 11.5 Å². The minimum absolute atomic E-state index is 0. The topological polar surface area (TPSA) is 98.7 Å². The Labute approximate surface area is 145 Å². The Morgan fingerprint density at radius 1 is 0.941 bits per heavy atom. The maximum Gasteiger partial charge on any atom is 1.00 e. The molecule has 0 amide bonds. The van der Waals surface area contributed by atoms with Crippen molar-refractivity contribution in [3.63, 3.8) is 0 Å². The summed E-state index contributed by atoms with van der Waals surface area (Å²) in [7, 11) is 2.15. The van der Waals surface area contributed by atoms with Crippen LogP contribution in [0.4, 0.5) is 0 Å². The molecule has 9 heteroatoms. The van der Waals surface area contributed by atoms with Crippen LogP contribution in [0.5, 0.6) is 11.5 Å². The van der Waals surface area contributed by atoms with Gasteiger partial charge in [-0.2, -0.15) is 0 Å². The average molecular weight is 276 g/mol. The largest absolute Gasteiger partial charge is 1.00 e. The Hall–Kier alpha value is 0.240. The zero-order valence-corrected chi connectivity index (χ0v) is 14.7. The molecule has 0 spiro atoms. The van der Waals surface area contributed by atoms with Crippen molar-refractivity contribution in [2.45, 2.75) is 0 Å². The normalized spacial score (nSPS) is 8.59. The van der Waals surface area contributed by atoms with E-state index < -0.39 is 33.2 Å². The summed E-state index contributed by atoms with van der Waals surface area (Å²) in [4.78, 5) is 21.2. The van der Waals surface area contributed by atoms with Crippen molar-refractivity contribution >= 4 is 23.3 Å². The number of ether oxygens (including phenoxy) is 2. The minimum Gasteiger partial charge on any atom is -0.872 e. The van der Waals surface area contributed by atoms with Crippen molar-refractivity contribution < 1.29 is 88.4 Å². The fourth-order valence-electron chi connectivity index (χ4n) is 0.855. The van der Waals surface area contributed by atoms with E-state index in [4.69, 9.17) is 0 Å². The Kier molecular flexibility index (Phi) is 9.63. The Bertz CT molecular complexity index is 380. The summed E-state index contributed by atoms with van der Waals surface area (Å²) < 4.78 is 8.56. The number of hydrogen-bond acceptors (Lipinski definition) is 7. The van der Waals surface area contributed by atoms with Crippen molar-refractivity contribution in [3.05, 3.63) is 9.75 Å². The molecule has 0 unspecified atom stereocenters. The second-order valence-electron chi connectivity index (χ2n) is 2.40. The molecule has 1 aromatic rings. The predicted molar refractivity (Wildman–Crippen MR) is 45.9 cm³/mol. The van der Waals surface area contributed by atoms with E-state index in [0.29, 0.717) is 11.3 Å². The van der Waals surface area contributed by atoms with Gasteiger partial charge in [-0.15, -0.1) is 11.3 Å². The first-order chi connectivity index (χ1) is 7.02. The molecule has 0 bridgehead atoms. The van der Waals surface area contributed by atoms with Crippen molar-refractivity contribution in [1.29, 1.82) is 0 Å². The standard InChI is InChI=1S/C8H8O6S.2Na/c1-13-7(11)5-3(9)4(10)6(15-5)8(12)14-2;;/h9-10H,1-2H3;;/q;2*+1/p-2. The van der Waals surface area contributed by atoms with Crippen LogP contribution in [-0.4, -0.2) is 26.2 Å². The van der Waals surface area contributed by atoms with E-state index in [-0.39, 0.29) is 59.1 Å². The van der Waals surface area contributed by atoms with Crippen LogP contribution >= 0.6 is 11.3 Å². The third-order valence-corrected chi connectivity index (χ3v) is 2.68. The van der Waals surface area contributed by atoms with Crippen LogP contribution in [0.3, 0.4) is 0 Å². The van der Waals surface area contributed by atoms with Crippen LogP contribution in [0.25, 0.3) is 0 Å². The number of methoxy groups -OCH3 is 2. The maximum atomic E-state index is 11.2. The Balaban J connectivity index is 0. The molecule has 6 nitrogen and oxygen atoms in total. The molecule has 0 saturated carbocycles. The molecule has 0 aliphatic carbocycles. The fraction of sp³-hybridized carbons (Fsp3) is 0.250. The van der Waals surface area contributed by atoms with Gasteiger partial charge < -0.3 is 19.7 Å². The molecule has 1 aromatic heterocycles. The predicted octanol–water partition coefficient (Wildman–Crippen LogP) is -6.52. The first kappa shape index (κ1) is 19.6. The average Bonchev–Trinajstić information content (AvgIpc) is 2.54.